The van der Waals surface area contributed by atoms with E-state index >= 15 is 0 Å². The van der Waals surface area contributed by atoms with Gasteiger partial charge in [-0.25, -0.2) is 0 Å². The predicted molar refractivity (Wildman–Crippen MR) is 92.4 cm³/mol. The van der Waals surface area contributed by atoms with E-state index in [9.17, 15) is 0 Å². The third kappa shape index (κ3) is 5.58. The molecular weight excluding hydrogens is 286 g/mol. The highest BCUT2D eigenvalue weighted by molar-refractivity contribution is 8.03. The summed E-state index contributed by atoms with van der Waals surface area (Å²) in [7, 11) is 2.25. The summed E-state index contributed by atoms with van der Waals surface area (Å²) in [6.07, 6.45) is 1.09. The number of hydrogen-bond acceptors (Lipinski definition) is 4. The monoisotopic (exact) mass is 311 g/mol. The molecule has 20 heavy (non-hydrogen) atoms. The fraction of sp³-hybridized carbons (Fsp3) is 0.625. The lowest BCUT2D eigenvalue weighted by Gasteiger charge is -2.26. The van der Waals surface area contributed by atoms with Gasteiger partial charge in [0.2, 0.25) is 0 Å². The zero-order valence-corrected chi connectivity index (χ0v) is 14.1. The highest BCUT2D eigenvalue weighted by atomic mass is 32.2. The zero-order valence-electron chi connectivity index (χ0n) is 12.5. The van der Waals surface area contributed by atoms with E-state index in [1.165, 1.54) is 28.6 Å². The minimum absolute atomic E-state index is 0.728. The molecule has 1 saturated heterocycles. The molecule has 112 valence electrons. The molecule has 1 aliphatic heterocycles. The standard InChI is InChI=1S/C16H25NOS2/c1-14-5-3-6-16(11-14)18-8-4-7-17(2)15-12-19-9-10-20-13-15/h3,5-6,11,15H,4,7-10,12-13H2,1-2H3. The summed E-state index contributed by atoms with van der Waals surface area (Å²) >= 11 is 4.19. The van der Waals surface area contributed by atoms with Crippen LogP contribution < -0.4 is 4.74 Å². The zero-order chi connectivity index (χ0) is 14.2. The minimum Gasteiger partial charge on any atom is -0.494 e. The summed E-state index contributed by atoms with van der Waals surface area (Å²) in [5, 5.41) is 0. The maximum atomic E-state index is 5.81. The van der Waals surface area contributed by atoms with Gasteiger partial charge in [0.25, 0.3) is 0 Å². The molecule has 0 atom stereocenters. The topological polar surface area (TPSA) is 12.5 Å². The van der Waals surface area contributed by atoms with Crippen LogP contribution in [-0.2, 0) is 0 Å². The maximum absolute atomic E-state index is 5.81. The highest BCUT2D eigenvalue weighted by Gasteiger charge is 2.16. The molecular formula is C16H25NOS2. The van der Waals surface area contributed by atoms with Crippen molar-refractivity contribution in [3.05, 3.63) is 29.8 Å². The summed E-state index contributed by atoms with van der Waals surface area (Å²) in [5.74, 6) is 6.18. The molecule has 0 saturated carbocycles. The predicted octanol–water partition coefficient (Wildman–Crippen LogP) is 3.54. The first-order valence-electron chi connectivity index (χ1n) is 7.31. The van der Waals surface area contributed by atoms with Crippen LogP contribution in [0.5, 0.6) is 5.75 Å². The number of nitrogens with zero attached hydrogens (tertiary/aromatic N) is 1. The van der Waals surface area contributed by atoms with Crippen LogP contribution >= 0.6 is 23.5 Å². The smallest absolute Gasteiger partial charge is 0.119 e. The molecule has 4 heteroatoms. The number of ether oxygens (including phenoxy) is 1. The van der Waals surface area contributed by atoms with Crippen LogP contribution in [0.2, 0.25) is 0 Å². The van der Waals surface area contributed by atoms with E-state index in [-0.39, 0.29) is 0 Å². The third-order valence-corrected chi connectivity index (χ3v) is 6.01. The van der Waals surface area contributed by atoms with Crippen LogP contribution in [0.3, 0.4) is 0 Å². The molecule has 0 aromatic heterocycles. The minimum atomic E-state index is 0.728. The normalized spacial score (nSPS) is 17.1. The van der Waals surface area contributed by atoms with Crippen LogP contribution in [0, 0.1) is 6.92 Å². The largest absolute Gasteiger partial charge is 0.494 e. The van der Waals surface area contributed by atoms with E-state index in [0.717, 1.165) is 31.4 Å². The van der Waals surface area contributed by atoms with E-state index in [4.69, 9.17) is 4.74 Å². The van der Waals surface area contributed by atoms with Crippen molar-refractivity contribution in [2.45, 2.75) is 19.4 Å². The van der Waals surface area contributed by atoms with Crippen LogP contribution in [0.1, 0.15) is 12.0 Å². The van der Waals surface area contributed by atoms with Crippen LogP contribution in [0.15, 0.2) is 24.3 Å². The summed E-state index contributed by atoms with van der Waals surface area (Å²) in [6.45, 7) is 4.03. The van der Waals surface area contributed by atoms with Crippen LogP contribution in [0.25, 0.3) is 0 Å². The van der Waals surface area contributed by atoms with Gasteiger partial charge < -0.3 is 9.64 Å². The second kappa shape index (κ2) is 8.85. The van der Waals surface area contributed by atoms with Crippen molar-refractivity contribution in [2.24, 2.45) is 0 Å². The van der Waals surface area contributed by atoms with Gasteiger partial charge in [0.1, 0.15) is 5.75 Å². The second-order valence-corrected chi connectivity index (χ2v) is 7.60. The summed E-state index contributed by atoms with van der Waals surface area (Å²) in [4.78, 5) is 2.50. The Kier molecular flexibility index (Phi) is 7.11. The fourth-order valence-electron chi connectivity index (χ4n) is 2.25. The van der Waals surface area contributed by atoms with Gasteiger partial charge in [-0.3, -0.25) is 0 Å². The maximum Gasteiger partial charge on any atom is 0.119 e. The van der Waals surface area contributed by atoms with Gasteiger partial charge >= 0.3 is 0 Å². The molecule has 0 N–H and O–H groups in total. The van der Waals surface area contributed by atoms with Gasteiger partial charge in [-0.2, -0.15) is 23.5 Å². The van der Waals surface area contributed by atoms with E-state index < -0.39 is 0 Å². The van der Waals surface area contributed by atoms with Gasteiger partial charge in [0.05, 0.1) is 6.61 Å². The van der Waals surface area contributed by atoms with Gasteiger partial charge in [0.15, 0.2) is 0 Å². The molecule has 0 bridgehead atoms. The molecule has 2 rings (SSSR count). The van der Waals surface area contributed by atoms with Crippen LogP contribution in [-0.4, -0.2) is 54.2 Å². The van der Waals surface area contributed by atoms with E-state index in [1.54, 1.807) is 0 Å². The van der Waals surface area contributed by atoms with Crippen molar-refractivity contribution in [3.63, 3.8) is 0 Å². The van der Waals surface area contributed by atoms with Gasteiger partial charge in [-0.05, 0) is 38.1 Å². The first-order valence-corrected chi connectivity index (χ1v) is 9.62. The van der Waals surface area contributed by atoms with Gasteiger partial charge in [0, 0.05) is 35.6 Å². The molecule has 2 nitrogen and oxygen atoms in total. The Morgan fingerprint density at radius 1 is 1.25 bits per heavy atom. The fourth-order valence-corrected chi connectivity index (χ4v) is 4.97. The van der Waals surface area contributed by atoms with E-state index in [2.05, 4.69) is 60.6 Å². The molecule has 1 aromatic rings. The molecule has 1 heterocycles. The number of benzene rings is 1. The Morgan fingerprint density at radius 3 is 2.70 bits per heavy atom. The summed E-state index contributed by atoms with van der Waals surface area (Å²) in [6, 6.07) is 9.02. The van der Waals surface area contributed by atoms with Gasteiger partial charge in [-0.1, -0.05) is 12.1 Å². The molecule has 1 aromatic carbocycles. The van der Waals surface area contributed by atoms with Crippen molar-refractivity contribution in [1.29, 1.82) is 0 Å². The Hall–Kier alpha value is -0.320. The quantitative estimate of drug-likeness (QED) is 0.745. The summed E-state index contributed by atoms with van der Waals surface area (Å²) in [5.41, 5.74) is 1.26. The Labute approximate surface area is 131 Å². The molecule has 0 spiro atoms. The van der Waals surface area contributed by atoms with Crippen molar-refractivity contribution < 1.29 is 4.74 Å². The Bertz CT molecular complexity index is 392. The molecule has 1 aliphatic rings. The lowest BCUT2D eigenvalue weighted by atomic mass is 10.2. The number of hydrogen-bond donors (Lipinski definition) is 0. The molecule has 0 aliphatic carbocycles. The first kappa shape index (κ1) is 16.1. The average Bonchev–Trinajstić information content (AvgIpc) is 2.72. The molecule has 1 fully saturated rings. The molecule has 0 amide bonds. The van der Waals surface area contributed by atoms with Crippen molar-refractivity contribution in [1.82, 2.24) is 4.90 Å². The molecule has 0 radical (unpaired) electrons. The lowest BCUT2D eigenvalue weighted by molar-refractivity contribution is 0.238. The van der Waals surface area contributed by atoms with Crippen molar-refractivity contribution in [3.8, 4) is 5.75 Å². The number of thioether (sulfide) groups is 2. The van der Waals surface area contributed by atoms with Gasteiger partial charge in [-0.15, -0.1) is 0 Å². The average molecular weight is 312 g/mol. The van der Waals surface area contributed by atoms with Crippen molar-refractivity contribution in [2.75, 3.05) is 43.2 Å². The van der Waals surface area contributed by atoms with E-state index in [1.807, 2.05) is 6.07 Å². The first-order chi connectivity index (χ1) is 9.75. The third-order valence-electron chi connectivity index (χ3n) is 3.53. The highest BCUT2D eigenvalue weighted by Crippen LogP contribution is 2.20. The van der Waals surface area contributed by atoms with Crippen molar-refractivity contribution >= 4 is 23.5 Å². The second-order valence-electron chi connectivity index (χ2n) is 5.30. The molecule has 0 unspecified atom stereocenters. The summed E-state index contributed by atoms with van der Waals surface area (Å²) < 4.78 is 5.81. The lowest BCUT2D eigenvalue weighted by Crippen LogP contribution is -2.36. The number of rotatable bonds is 6. The SMILES string of the molecule is Cc1cccc(OCCCN(C)C2CSCCSC2)c1. The Balaban J connectivity index is 1.64. The Morgan fingerprint density at radius 2 is 2.00 bits per heavy atom. The number of aryl methyl sites for hydroxylation is 1. The van der Waals surface area contributed by atoms with E-state index in [0.29, 0.717) is 0 Å². The van der Waals surface area contributed by atoms with Crippen LogP contribution in [0.4, 0.5) is 0 Å².